The number of hydrogen-bond acceptors (Lipinski definition) is 3. The summed E-state index contributed by atoms with van der Waals surface area (Å²) in [6, 6.07) is 0. The van der Waals surface area contributed by atoms with Crippen LogP contribution in [0.15, 0.2) is 6.20 Å². The van der Waals surface area contributed by atoms with Crippen molar-refractivity contribution < 1.29 is 18.3 Å². The number of rotatable bonds is 4. The van der Waals surface area contributed by atoms with Crippen molar-refractivity contribution in [2.75, 3.05) is 0 Å². The molecule has 0 amide bonds. The molecule has 1 aliphatic carbocycles. The molecule has 1 aliphatic rings. The summed E-state index contributed by atoms with van der Waals surface area (Å²) >= 11 is 0.667. The first kappa shape index (κ1) is 11.9. The summed E-state index contributed by atoms with van der Waals surface area (Å²) in [4.78, 5) is 3.93. The van der Waals surface area contributed by atoms with Gasteiger partial charge < -0.3 is 5.11 Å². The molecule has 1 atom stereocenters. The van der Waals surface area contributed by atoms with Gasteiger partial charge in [0.2, 0.25) is 0 Å². The zero-order valence-corrected chi connectivity index (χ0v) is 9.31. The molecule has 1 N–H and O–H groups in total. The number of nitrogens with zero attached hydrogens (tertiary/aromatic N) is 1. The van der Waals surface area contributed by atoms with Gasteiger partial charge in [0.15, 0.2) is 5.01 Å². The van der Waals surface area contributed by atoms with Crippen LogP contribution in [0.5, 0.6) is 0 Å². The first-order valence-corrected chi connectivity index (χ1v) is 5.98. The normalized spacial score (nSPS) is 18.8. The van der Waals surface area contributed by atoms with E-state index in [4.69, 9.17) is 0 Å². The molecule has 0 radical (unpaired) electrons. The Morgan fingerprint density at radius 3 is 2.69 bits per heavy atom. The van der Waals surface area contributed by atoms with Gasteiger partial charge in [0.1, 0.15) is 0 Å². The molecule has 1 unspecified atom stereocenters. The van der Waals surface area contributed by atoms with Gasteiger partial charge in [0.05, 0.1) is 6.10 Å². The zero-order chi connectivity index (χ0) is 11.8. The lowest BCUT2D eigenvalue weighted by Gasteiger charge is -2.06. The third-order valence-electron chi connectivity index (χ3n) is 2.65. The Morgan fingerprint density at radius 1 is 1.50 bits per heavy atom. The number of aromatic nitrogens is 1. The van der Waals surface area contributed by atoms with Crippen LogP contribution in [0.4, 0.5) is 13.2 Å². The van der Waals surface area contributed by atoms with E-state index in [-0.39, 0.29) is 6.10 Å². The lowest BCUT2D eigenvalue weighted by molar-refractivity contribution is -0.137. The summed E-state index contributed by atoms with van der Waals surface area (Å²) in [7, 11) is 0. The van der Waals surface area contributed by atoms with Gasteiger partial charge in [-0.25, -0.2) is 4.98 Å². The highest BCUT2D eigenvalue weighted by molar-refractivity contribution is 7.11. The fraction of sp³-hybridized carbons (Fsp3) is 0.700. The molecule has 1 aromatic rings. The SMILES string of the molecule is OC(CCc1cnc(C(F)(F)F)s1)C1CC1. The quantitative estimate of drug-likeness (QED) is 0.892. The van der Waals surface area contributed by atoms with Crippen molar-refractivity contribution in [2.45, 2.75) is 38.0 Å². The van der Waals surface area contributed by atoms with Gasteiger partial charge in [0, 0.05) is 11.1 Å². The van der Waals surface area contributed by atoms with Gasteiger partial charge in [0.25, 0.3) is 0 Å². The Bertz CT molecular complexity index is 359. The van der Waals surface area contributed by atoms with Crippen LogP contribution in [-0.4, -0.2) is 16.2 Å². The molecule has 0 spiro atoms. The first-order chi connectivity index (χ1) is 7.47. The van der Waals surface area contributed by atoms with Gasteiger partial charge in [-0.2, -0.15) is 13.2 Å². The van der Waals surface area contributed by atoms with Gasteiger partial charge in [-0.3, -0.25) is 0 Å². The molecular formula is C10H12F3NOS. The van der Waals surface area contributed by atoms with Gasteiger partial charge >= 0.3 is 6.18 Å². The third kappa shape index (κ3) is 2.95. The number of aliphatic hydroxyl groups is 1. The molecule has 0 aromatic carbocycles. The highest BCUT2D eigenvalue weighted by Gasteiger charge is 2.34. The van der Waals surface area contributed by atoms with Crippen LogP contribution in [0.1, 0.15) is 29.1 Å². The number of aliphatic hydroxyl groups excluding tert-OH is 1. The summed E-state index contributed by atoms with van der Waals surface area (Å²) in [5.74, 6) is 0.370. The lowest BCUT2D eigenvalue weighted by Crippen LogP contribution is -2.09. The van der Waals surface area contributed by atoms with E-state index in [0.717, 1.165) is 12.8 Å². The minimum absolute atomic E-state index is 0.364. The van der Waals surface area contributed by atoms with Crippen molar-refractivity contribution in [3.05, 3.63) is 16.1 Å². The highest BCUT2D eigenvalue weighted by atomic mass is 32.1. The smallest absolute Gasteiger partial charge is 0.393 e. The summed E-state index contributed by atoms with van der Waals surface area (Å²) in [5.41, 5.74) is 0. The number of halogens is 3. The second-order valence-corrected chi connectivity index (χ2v) is 5.19. The van der Waals surface area contributed by atoms with Crippen molar-refractivity contribution in [1.82, 2.24) is 4.98 Å². The van der Waals surface area contributed by atoms with Gasteiger partial charge in [-0.05, 0) is 31.6 Å². The molecule has 1 fully saturated rings. The van der Waals surface area contributed by atoms with Crippen molar-refractivity contribution >= 4 is 11.3 Å². The third-order valence-corrected chi connectivity index (χ3v) is 3.75. The molecule has 1 heterocycles. The monoisotopic (exact) mass is 251 g/mol. The molecule has 0 saturated heterocycles. The predicted octanol–water partition coefficient (Wildman–Crippen LogP) is 2.87. The van der Waals surface area contributed by atoms with Crippen LogP contribution in [0.25, 0.3) is 0 Å². The Morgan fingerprint density at radius 2 is 2.19 bits per heavy atom. The Balaban J connectivity index is 1.87. The largest absolute Gasteiger partial charge is 0.443 e. The highest BCUT2D eigenvalue weighted by Crippen LogP contribution is 2.36. The fourth-order valence-electron chi connectivity index (χ4n) is 1.56. The number of aryl methyl sites for hydroxylation is 1. The summed E-state index contributed by atoms with van der Waals surface area (Å²) in [6.45, 7) is 0. The summed E-state index contributed by atoms with van der Waals surface area (Å²) in [6.07, 6.45) is -0.368. The van der Waals surface area contributed by atoms with E-state index in [1.165, 1.54) is 6.20 Å². The average Bonchev–Trinajstić information content (AvgIpc) is 2.92. The van der Waals surface area contributed by atoms with Crippen LogP contribution < -0.4 is 0 Å². The summed E-state index contributed by atoms with van der Waals surface area (Å²) in [5, 5.41) is 8.78. The molecule has 2 rings (SSSR count). The predicted molar refractivity (Wildman–Crippen MR) is 54.2 cm³/mol. The minimum Gasteiger partial charge on any atom is -0.393 e. The lowest BCUT2D eigenvalue weighted by atomic mass is 10.1. The van der Waals surface area contributed by atoms with E-state index < -0.39 is 11.2 Å². The molecule has 0 bridgehead atoms. The van der Waals surface area contributed by atoms with Crippen molar-refractivity contribution in [3.63, 3.8) is 0 Å². The number of hydrogen-bond donors (Lipinski definition) is 1. The molecule has 6 heteroatoms. The molecule has 90 valence electrons. The Labute approximate surface area is 95.1 Å². The number of thiazole rings is 1. The van der Waals surface area contributed by atoms with E-state index in [0.29, 0.717) is 35.0 Å². The van der Waals surface area contributed by atoms with Crippen molar-refractivity contribution in [1.29, 1.82) is 0 Å². The Kier molecular flexibility index (Phi) is 3.21. The molecule has 1 aromatic heterocycles. The second-order valence-electron chi connectivity index (χ2n) is 4.07. The Hall–Kier alpha value is -0.620. The van der Waals surface area contributed by atoms with E-state index in [2.05, 4.69) is 4.98 Å². The molecule has 2 nitrogen and oxygen atoms in total. The van der Waals surface area contributed by atoms with Crippen LogP contribution in [-0.2, 0) is 12.6 Å². The maximum atomic E-state index is 12.2. The van der Waals surface area contributed by atoms with Gasteiger partial charge in [-0.1, -0.05) is 0 Å². The van der Waals surface area contributed by atoms with E-state index in [1.54, 1.807) is 0 Å². The van der Waals surface area contributed by atoms with Crippen LogP contribution >= 0.6 is 11.3 Å². The average molecular weight is 251 g/mol. The fourth-order valence-corrected chi connectivity index (χ4v) is 2.36. The topological polar surface area (TPSA) is 33.1 Å². The van der Waals surface area contributed by atoms with Crippen LogP contribution in [0.3, 0.4) is 0 Å². The van der Waals surface area contributed by atoms with Crippen molar-refractivity contribution in [2.24, 2.45) is 5.92 Å². The molecular weight excluding hydrogens is 239 g/mol. The number of alkyl halides is 3. The van der Waals surface area contributed by atoms with E-state index in [1.807, 2.05) is 0 Å². The zero-order valence-electron chi connectivity index (χ0n) is 8.50. The minimum atomic E-state index is -4.35. The standard InChI is InChI=1S/C10H12F3NOS/c11-10(12,13)9-14-5-7(16-9)3-4-8(15)6-1-2-6/h5-6,8,15H,1-4H2. The molecule has 0 aliphatic heterocycles. The molecule has 16 heavy (non-hydrogen) atoms. The van der Waals surface area contributed by atoms with Gasteiger partial charge in [-0.15, -0.1) is 11.3 Å². The first-order valence-electron chi connectivity index (χ1n) is 5.17. The van der Waals surface area contributed by atoms with Crippen LogP contribution in [0, 0.1) is 5.92 Å². The second kappa shape index (κ2) is 4.33. The maximum absolute atomic E-state index is 12.2. The molecule has 1 saturated carbocycles. The van der Waals surface area contributed by atoms with Crippen molar-refractivity contribution in [3.8, 4) is 0 Å². The van der Waals surface area contributed by atoms with Crippen LogP contribution in [0.2, 0.25) is 0 Å². The van der Waals surface area contributed by atoms with E-state index >= 15 is 0 Å². The van der Waals surface area contributed by atoms with E-state index in [9.17, 15) is 18.3 Å². The summed E-state index contributed by atoms with van der Waals surface area (Å²) < 4.78 is 36.7. The maximum Gasteiger partial charge on any atom is 0.443 e.